The van der Waals surface area contributed by atoms with Crippen LogP contribution in [0.4, 0.5) is 10.2 Å². The summed E-state index contributed by atoms with van der Waals surface area (Å²) in [4.78, 5) is 39.7. The highest BCUT2D eigenvalue weighted by molar-refractivity contribution is 5.90. The molecule has 36 heavy (non-hydrogen) atoms. The minimum atomic E-state index is -1.94. The molecule has 184 valence electrons. The molecule has 0 unspecified atom stereocenters. The molecule has 0 bridgehead atoms. The summed E-state index contributed by atoms with van der Waals surface area (Å²) in [7, 11) is 0. The van der Waals surface area contributed by atoms with E-state index in [0.29, 0.717) is 5.56 Å². The predicted molar refractivity (Wildman–Crippen MR) is 124 cm³/mol. The van der Waals surface area contributed by atoms with Gasteiger partial charge < -0.3 is 24.9 Å². The largest absolute Gasteiger partial charge is 0.459 e. The van der Waals surface area contributed by atoms with Crippen LogP contribution in [0.3, 0.4) is 0 Å². The Balaban J connectivity index is 1.43. The van der Waals surface area contributed by atoms with Crippen LogP contribution >= 0.6 is 0 Å². The maximum absolute atomic E-state index is 15.8. The number of H-pyrrole nitrogens is 1. The van der Waals surface area contributed by atoms with Gasteiger partial charge in [0.1, 0.15) is 24.0 Å². The number of carbonyl (C=O) groups excluding carboxylic acids is 2. The molecule has 0 aliphatic carbocycles. The van der Waals surface area contributed by atoms with Crippen LogP contribution in [-0.4, -0.2) is 56.9 Å². The molecule has 1 aliphatic rings. The molecule has 2 aromatic carbocycles. The smallest absolute Gasteiger partial charge is 0.338 e. The number of nitrogens with two attached hydrogens (primary N) is 1. The average molecular weight is 493 g/mol. The maximum Gasteiger partial charge on any atom is 0.338 e. The summed E-state index contributed by atoms with van der Waals surface area (Å²) in [5.74, 6) is -1.42. The van der Waals surface area contributed by atoms with Crippen LogP contribution in [0.15, 0.2) is 71.5 Å². The highest BCUT2D eigenvalue weighted by Gasteiger charge is 2.50. The van der Waals surface area contributed by atoms with Crippen molar-refractivity contribution in [2.24, 2.45) is 0 Å². The van der Waals surface area contributed by atoms with Gasteiger partial charge in [0, 0.05) is 6.07 Å². The van der Waals surface area contributed by atoms with E-state index < -0.39 is 48.7 Å². The summed E-state index contributed by atoms with van der Waals surface area (Å²) in [6.45, 7) is -0.410. The highest BCUT2D eigenvalue weighted by Crippen LogP contribution is 2.35. The Morgan fingerprint density at radius 2 is 1.69 bits per heavy atom. The first-order chi connectivity index (χ1) is 17.4. The van der Waals surface area contributed by atoms with Crippen molar-refractivity contribution < 1.29 is 28.2 Å². The SMILES string of the molecule is Nc1cc2c(nnn2[C@@H]2O[C@H](COC(=O)c3ccccc3)[C@@H](OC(=O)c3ccccc3)[C@@H]2F)c(=O)[nH]1. The number of benzene rings is 2. The van der Waals surface area contributed by atoms with E-state index in [1.165, 1.54) is 18.2 Å². The molecule has 4 atom stereocenters. The normalized spacial score (nSPS) is 21.4. The summed E-state index contributed by atoms with van der Waals surface area (Å²) >= 11 is 0. The fourth-order valence-electron chi connectivity index (χ4n) is 3.91. The molecule has 11 nitrogen and oxygen atoms in total. The predicted octanol–water partition coefficient (Wildman–Crippen LogP) is 2.02. The van der Waals surface area contributed by atoms with Crippen molar-refractivity contribution in [2.75, 3.05) is 12.3 Å². The van der Waals surface area contributed by atoms with Gasteiger partial charge in [-0.15, -0.1) is 5.10 Å². The van der Waals surface area contributed by atoms with Crippen molar-refractivity contribution in [3.8, 4) is 0 Å². The zero-order chi connectivity index (χ0) is 25.2. The van der Waals surface area contributed by atoms with Crippen LogP contribution in [0.5, 0.6) is 0 Å². The van der Waals surface area contributed by atoms with E-state index in [1.807, 2.05) is 0 Å². The Bertz CT molecular complexity index is 1460. The zero-order valence-electron chi connectivity index (χ0n) is 18.6. The van der Waals surface area contributed by atoms with Gasteiger partial charge in [0.25, 0.3) is 5.56 Å². The van der Waals surface area contributed by atoms with Gasteiger partial charge in [-0.05, 0) is 24.3 Å². The second kappa shape index (κ2) is 9.58. The number of esters is 2. The van der Waals surface area contributed by atoms with Crippen LogP contribution in [0, 0.1) is 0 Å². The molecular formula is C24H20FN5O6. The Labute approximate surface area is 202 Å². The second-order valence-electron chi connectivity index (χ2n) is 8.03. The van der Waals surface area contributed by atoms with Gasteiger partial charge in [0.15, 0.2) is 24.0 Å². The van der Waals surface area contributed by atoms with Crippen molar-refractivity contribution in [1.29, 1.82) is 0 Å². The first-order valence-electron chi connectivity index (χ1n) is 10.9. The molecule has 5 rings (SSSR count). The lowest BCUT2D eigenvalue weighted by Gasteiger charge is -2.19. The van der Waals surface area contributed by atoms with Crippen LogP contribution in [0.2, 0.25) is 0 Å². The van der Waals surface area contributed by atoms with E-state index in [4.69, 9.17) is 19.9 Å². The zero-order valence-corrected chi connectivity index (χ0v) is 18.6. The van der Waals surface area contributed by atoms with Crippen molar-refractivity contribution in [1.82, 2.24) is 20.0 Å². The summed E-state index contributed by atoms with van der Waals surface area (Å²) in [5, 5.41) is 7.64. The summed E-state index contributed by atoms with van der Waals surface area (Å²) in [6, 6.07) is 17.6. The molecule has 0 saturated carbocycles. The number of anilines is 1. The van der Waals surface area contributed by atoms with Crippen molar-refractivity contribution in [2.45, 2.75) is 24.6 Å². The van der Waals surface area contributed by atoms with Gasteiger partial charge in [-0.25, -0.2) is 18.7 Å². The number of rotatable bonds is 6. The van der Waals surface area contributed by atoms with Crippen LogP contribution < -0.4 is 11.3 Å². The number of nitrogen functional groups attached to an aromatic ring is 1. The monoisotopic (exact) mass is 493 g/mol. The molecule has 1 saturated heterocycles. The van der Waals surface area contributed by atoms with Gasteiger partial charge in [0.2, 0.25) is 0 Å². The number of ether oxygens (including phenoxy) is 3. The number of carbonyl (C=O) groups is 2. The van der Waals surface area contributed by atoms with Crippen LogP contribution in [0.1, 0.15) is 26.9 Å². The van der Waals surface area contributed by atoms with Gasteiger partial charge in [-0.1, -0.05) is 41.6 Å². The highest BCUT2D eigenvalue weighted by atomic mass is 19.1. The fourth-order valence-corrected chi connectivity index (χ4v) is 3.91. The van der Waals surface area contributed by atoms with Crippen LogP contribution in [-0.2, 0) is 14.2 Å². The minimum absolute atomic E-state index is 0.0184. The lowest BCUT2D eigenvalue weighted by molar-refractivity contribution is -0.0605. The quantitative estimate of drug-likeness (QED) is 0.384. The number of nitrogens with one attached hydrogen (secondary N) is 1. The molecule has 1 aliphatic heterocycles. The molecule has 0 amide bonds. The number of fused-ring (bicyclic) bond motifs is 1. The first-order valence-corrected chi connectivity index (χ1v) is 10.9. The van der Waals surface area contributed by atoms with E-state index in [2.05, 4.69) is 15.3 Å². The minimum Gasteiger partial charge on any atom is -0.459 e. The van der Waals surface area contributed by atoms with E-state index in [0.717, 1.165) is 4.68 Å². The molecule has 2 aromatic heterocycles. The molecular weight excluding hydrogens is 473 g/mol. The van der Waals surface area contributed by atoms with E-state index in [9.17, 15) is 14.4 Å². The Morgan fingerprint density at radius 1 is 1.06 bits per heavy atom. The number of pyridine rings is 1. The van der Waals surface area contributed by atoms with Gasteiger partial charge in [-0.3, -0.25) is 4.79 Å². The number of halogens is 1. The average Bonchev–Trinajstić information content (AvgIpc) is 3.44. The van der Waals surface area contributed by atoms with E-state index in [-0.39, 0.29) is 22.4 Å². The Kier molecular flexibility index (Phi) is 6.17. The molecule has 3 N–H and O–H groups in total. The second-order valence-corrected chi connectivity index (χ2v) is 8.03. The number of hydrogen-bond donors (Lipinski definition) is 2. The fraction of sp³-hybridized carbons (Fsp3) is 0.208. The maximum atomic E-state index is 15.8. The Hall–Kier alpha value is -4.58. The van der Waals surface area contributed by atoms with E-state index >= 15 is 4.39 Å². The number of nitrogens with zero attached hydrogens (tertiary/aromatic N) is 3. The summed E-state index contributed by atoms with van der Waals surface area (Å²) in [6.07, 6.45) is -6.01. The van der Waals surface area contributed by atoms with Gasteiger partial charge in [-0.2, -0.15) is 0 Å². The van der Waals surface area contributed by atoms with Crippen molar-refractivity contribution >= 4 is 28.8 Å². The van der Waals surface area contributed by atoms with Crippen molar-refractivity contribution in [3.05, 3.63) is 88.2 Å². The van der Waals surface area contributed by atoms with Crippen LogP contribution in [0.25, 0.3) is 11.0 Å². The summed E-state index contributed by atoms with van der Waals surface area (Å²) in [5.41, 5.74) is 5.66. The Morgan fingerprint density at radius 3 is 2.36 bits per heavy atom. The standard InChI is InChI=1S/C24H20FN5O6/c25-18-20(36-24(33)14-9-5-2-6-10-14)16(12-34-23(32)13-7-3-1-4-8-13)35-22(18)30-15-11-17(26)27-21(31)19(15)28-29-30/h1-11,16,18,20,22H,12H2,(H3,26,27,31)/t16-,18+,20-,22-/m1/s1. The topological polar surface area (TPSA) is 151 Å². The van der Waals surface area contributed by atoms with Gasteiger partial charge >= 0.3 is 11.9 Å². The third-order valence-electron chi connectivity index (χ3n) is 5.64. The summed E-state index contributed by atoms with van der Waals surface area (Å²) < 4.78 is 33.4. The molecule has 3 heterocycles. The molecule has 0 radical (unpaired) electrons. The lowest BCUT2D eigenvalue weighted by Crippen LogP contribution is -2.37. The number of alkyl halides is 1. The number of aromatic amines is 1. The molecule has 1 fully saturated rings. The molecule has 0 spiro atoms. The van der Waals surface area contributed by atoms with Gasteiger partial charge in [0.05, 0.1) is 11.1 Å². The van der Waals surface area contributed by atoms with Crippen molar-refractivity contribution in [3.63, 3.8) is 0 Å². The number of aromatic nitrogens is 4. The third kappa shape index (κ3) is 4.41. The molecule has 12 heteroatoms. The first kappa shape index (κ1) is 23.2. The molecule has 4 aromatic rings. The number of hydrogen-bond acceptors (Lipinski definition) is 9. The third-order valence-corrected chi connectivity index (χ3v) is 5.64. The van der Waals surface area contributed by atoms with E-state index in [1.54, 1.807) is 48.5 Å². The lowest BCUT2D eigenvalue weighted by atomic mass is 10.1.